The molecule has 1 heteroatoms. The van der Waals surface area contributed by atoms with Gasteiger partial charge in [0.1, 0.15) is 8.07 Å². The van der Waals surface area contributed by atoms with Crippen LogP contribution >= 0.6 is 0 Å². The van der Waals surface area contributed by atoms with E-state index in [1.165, 1.54) is 71.9 Å². The molecule has 0 saturated carbocycles. The standard InChI is InChI=1S/C41H38Si/c1-27-17-28(2)20-33(19-27)38-15-9-11-31-23-36(25-40(31)38)42(5,35-13-7-6-8-14-35)37-24-32-12-10-16-39(41(32)26-37)34-21-29(3)18-30(4)22-34/h6-22,25-26H,23-24H2,1-5H3. The average molecular weight is 559 g/mol. The second kappa shape index (κ2) is 10.3. The molecule has 7 rings (SSSR count). The van der Waals surface area contributed by atoms with Gasteiger partial charge in [0.25, 0.3) is 0 Å². The SMILES string of the molecule is Cc1cc(C)cc(-c2cccc3c2C=C([Si](C)(C2=Cc4c(cccc4-c4cc(C)cc(C)c4)C2)c2ccccc2)C3)c1. The van der Waals surface area contributed by atoms with E-state index >= 15 is 0 Å². The first-order chi connectivity index (χ1) is 20.3. The maximum Gasteiger partial charge on any atom is 0.137 e. The Morgan fingerprint density at radius 2 is 0.905 bits per heavy atom. The number of allylic oxidation sites excluding steroid dienone is 2. The summed E-state index contributed by atoms with van der Waals surface area (Å²) in [5.74, 6) is 0. The summed E-state index contributed by atoms with van der Waals surface area (Å²) < 4.78 is 0. The zero-order valence-electron chi connectivity index (χ0n) is 25.4. The molecule has 0 saturated heterocycles. The molecule has 0 amide bonds. The van der Waals surface area contributed by atoms with Crippen LogP contribution in [0.5, 0.6) is 0 Å². The highest BCUT2D eigenvalue weighted by atomic mass is 28.3. The quantitative estimate of drug-likeness (QED) is 0.188. The predicted octanol–water partition coefficient (Wildman–Crippen LogP) is 9.90. The van der Waals surface area contributed by atoms with Crippen LogP contribution in [0.1, 0.15) is 44.5 Å². The van der Waals surface area contributed by atoms with Crippen molar-refractivity contribution in [1.82, 2.24) is 0 Å². The lowest BCUT2D eigenvalue weighted by Crippen LogP contribution is -2.49. The molecule has 0 atom stereocenters. The van der Waals surface area contributed by atoms with Gasteiger partial charge in [0, 0.05) is 0 Å². The largest absolute Gasteiger partial charge is 0.137 e. The Labute approximate surface area is 252 Å². The van der Waals surface area contributed by atoms with Crippen molar-refractivity contribution in [1.29, 1.82) is 0 Å². The third-order valence-corrected chi connectivity index (χ3v) is 14.2. The summed E-state index contributed by atoms with van der Waals surface area (Å²) in [6.45, 7) is 11.4. The Hall–Kier alpha value is -4.20. The van der Waals surface area contributed by atoms with Crippen molar-refractivity contribution in [2.24, 2.45) is 0 Å². The van der Waals surface area contributed by atoms with Crippen molar-refractivity contribution >= 4 is 25.4 Å². The molecule has 2 aliphatic rings. The van der Waals surface area contributed by atoms with E-state index in [1.54, 1.807) is 10.4 Å². The molecule has 0 unspecified atom stereocenters. The minimum atomic E-state index is -2.22. The van der Waals surface area contributed by atoms with Gasteiger partial charge >= 0.3 is 0 Å². The molecule has 5 aromatic rings. The Morgan fingerprint density at radius 1 is 0.476 bits per heavy atom. The van der Waals surface area contributed by atoms with E-state index in [1.807, 2.05) is 0 Å². The minimum absolute atomic E-state index is 1.03. The molecule has 5 aromatic carbocycles. The summed E-state index contributed by atoms with van der Waals surface area (Å²) in [5, 5.41) is 4.74. The van der Waals surface area contributed by atoms with Crippen LogP contribution in [0.25, 0.3) is 34.4 Å². The first-order valence-electron chi connectivity index (χ1n) is 15.2. The third-order valence-electron chi connectivity index (χ3n) is 9.49. The highest BCUT2D eigenvalue weighted by Crippen LogP contribution is 2.44. The molecule has 0 aliphatic heterocycles. The molecule has 0 N–H and O–H groups in total. The lowest BCUT2D eigenvalue weighted by molar-refractivity contribution is 1.23. The number of hydrogen-bond acceptors (Lipinski definition) is 0. The van der Waals surface area contributed by atoms with Gasteiger partial charge < -0.3 is 0 Å². The second-order valence-corrected chi connectivity index (χ2v) is 16.8. The van der Waals surface area contributed by atoms with E-state index in [4.69, 9.17) is 0 Å². The molecule has 206 valence electrons. The molecular formula is C41H38Si. The zero-order valence-corrected chi connectivity index (χ0v) is 26.4. The summed E-state index contributed by atoms with van der Waals surface area (Å²) in [5.41, 5.74) is 16.4. The van der Waals surface area contributed by atoms with Gasteiger partial charge in [-0.1, -0.05) is 160 Å². The smallest absolute Gasteiger partial charge is 0.0668 e. The van der Waals surface area contributed by atoms with Crippen LogP contribution in [-0.4, -0.2) is 8.07 Å². The Morgan fingerprint density at radius 3 is 1.33 bits per heavy atom. The molecule has 0 spiro atoms. The van der Waals surface area contributed by atoms with E-state index in [-0.39, 0.29) is 0 Å². The molecule has 0 bridgehead atoms. The summed E-state index contributed by atoms with van der Waals surface area (Å²) in [7, 11) is -2.22. The fourth-order valence-corrected chi connectivity index (χ4v) is 11.5. The van der Waals surface area contributed by atoms with Crippen molar-refractivity contribution in [3.63, 3.8) is 0 Å². The van der Waals surface area contributed by atoms with Crippen LogP contribution in [0.4, 0.5) is 0 Å². The topological polar surface area (TPSA) is 0 Å². The molecule has 2 aliphatic carbocycles. The molecule has 0 fully saturated rings. The number of aryl methyl sites for hydroxylation is 4. The van der Waals surface area contributed by atoms with Crippen molar-refractivity contribution in [2.75, 3.05) is 0 Å². The molecule has 0 aromatic heterocycles. The highest BCUT2D eigenvalue weighted by molar-refractivity contribution is 7.03. The number of hydrogen-bond donors (Lipinski definition) is 0. The van der Waals surface area contributed by atoms with Crippen LogP contribution in [0.15, 0.2) is 114 Å². The van der Waals surface area contributed by atoms with Gasteiger partial charge in [-0.2, -0.15) is 0 Å². The molecule has 0 heterocycles. The van der Waals surface area contributed by atoms with Gasteiger partial charge in [-0.3, -0.25) is 0 Å². The van der Waals surface area contributed by atoms with Crippen LogP contribution in [0, 0.1) is 27.7 Å². The van der Waals surface area contributed by atoms with E-state index in [9.17, 15) is 0 Å². The normalized spacial score (nSPS) is 13.9. The first-order valence-corrected chi connectivity index (χ1v) is 17.7. The van der Waals surface area contributed by atoms with Gasteiger partial charge in [0.15, 0.2) is 0 Å². The number of fused-ring (bicyclic) bond motifs is 2. The predicted molar refractivity (Wildman–Crippen MR) is 184 cm³/mol. The van der Waals surface area contributed by atoms with Gasteiger partial charge in [-0.05, 0) is 85.0 Å². The third kappa shape index (κ3) is 4.53. The Balaban J connectivity index is 1.38. The summed E-state index contributed by atoms with van der Waals surface area (Å²) >= 11 is 0. The van der Waals surface area contributed by atoms with E-state index in [0.29, 0.717) is 0 Å². The van der Waals surface area contributed by atoms with Crippen molar-refractivity contribution in [3.8, 4) is 22.3 Å². The molecule has 42 heavy (non-hydrogen) atoms. The number of benzene rings is 5. The zero-order chi connectivity index (χ0) is 29.0. The first kappa shape index (κ1) is 26.7. The van der Waals surface area contributed by atoms with E-state index in [2.05, 4.69) is 150 Å². The summed E-state index contributed by atoms with van der Waals surface area (Å²) in [4.78, 5) is 0. The Bertz CT molecular complexity index is 1760. The fourth-order valence-electron chi connectivity index (χ4n) is 7.49. The summed E-state index contributed by atoms with van der Waals surface area (Å²) in [6, 6.07) is 39.1. The van der Waals surface area contributed by atoms with Crippen LogP contribution in [0.2, 0.25) is 6.55 Å². The van der Waals surface area contributed by atoms with E-state index in [0.717, 1.165) is 12.8 Å². The molecular weight excluding hydrogens is 521 g/mol. The van der Waals surface area contributed by atoms with Gasteiger partial charge in [-0.25, -0.2) is 0 Å². The maximum atomic E-state index is 2.60. The van der Waals surface area contributed by atoms with Crippen LogP contribution < -0.4 is 5.19 Å². The maximum absolute atomic E-state index is 2.60. The minimum Gasteiger partial charge on any atom is -0.0668 e. The van der Waals surface area contributed by atoms with Crippen LogP contribution in [0.3, 0.4) is 0 Å². The second-order valence-electron chi connectivity index (χ2n) is 12.7. The lowest BCUT2D eigenvalue weighted by Gasteiger charge is -2.32. The monoisotopic (exact) mass is 558 g/mol. The van der Waals surface area contributed by atoms with Gasteiger partial charge in [-0.15, -0.1) is 0 Å². The van der Waals surface area contributed by atoms with Crippen molar-refractivity contribution in [2.45, 2.75) is 47.1 Å². The van der Waals surface area contributed by atoms with Crippen molar-refractivity contribution < 1.29 is 0 Å². The average Bonchev–Trinajstić information content (AvgIpc) is 3.61. The molecule has 0 nitrogen and oxygen atoms in total. The van der Waals surface area contributed by atoms with Gasteiger partial charge in [0.2, 0.25) is 0 Å². The summed E-state index contributed by atoms with van der Waals surface area (Å²) in [6.07, 6.45) is 7.22. The van der Waals surface area contributed by atoms with Gasteiger partial charge in [0.05, 0.1) is 0 Å². The fraction of sp³-hybridized carbons (Fsp3) is 0.171. The lowest BCUT2D eigenvalue weighted by atomic mass is 9.95. The number of rotatable bonds is 5. The van der Waals surface area contributed by atoms with Crippen molar-refractivity contribution in [3.05, 3.63) is 158 Å². The van der Waals surface area contributed by atoms with Crippen LogP contribution in [-0.2, 0) is 12.8 Å². The Kier molecular flexibility index (Phi) is 6.52. The van der Waals surface area contributed by atoms with E-state index < -0.39 is 8.07 Å². The highest BCUT2D eigenvalue weighted by Gasteiger charge is 2.41. The molecule has 0 radical (unpaired) electrons.